The maximum Gasteiger partial charge on any atom is 0.246 e. The molecule has 0 radical (unpaired) electrons. The molecule has 0 unspecified atom stereocenters. The molecule has 4 fully saturated rings. The number of ether oxygens (including phenoxy) is 1. The molecule has 0 aromatic heterocycles. The van der Waals surface area contributed by atoms with Crippen molar-refractivity contribution in [3.8, 4) is 0 Å². The number of rotatable bonds is 8. The van der Waals surface area contributed by atoms with Gasteiger partial charge in [-0.15, -0.1) is 0 Å². The quantitative estimate of drug-likeness (QED) is 0.465. The molecule has 1 spiro atoms. The second-order valence-electron chi connectivity index (χ2n) is 12.5. The highest BCUT2D eigenvalue weighted by atomic mass is 35.5. The Hall–Kier alpha value is -2.42. The number of benzene rings is 1. The Morgan fingerprint density at radius 2 is 1.90 bits per heavy atom. The predicted molar refractivity (Wildman–Crippen MR) is 154 cm³/mol. The van der Waals surface area contributed by atoms with Crippen molar-refractivity contribution >= 4 is 35.0 Å². The van der Waals surface area contributed by atoms with Crippen LogP contribution in [0.25, 0.3) is 0 Å². The molecule has 4 aliphatic heterocycles. The molecule has 1 saturated carbocycles. The van der Waals surface area contributed by atoms with Gasteiger partial charge in [-0.3, -0.25) is 14.4 Å². The summed E-state index contributed by atoms with van der Waals surface area (Å²) < 4.78 is 6.50. The lowest BCUT2D eigenvalue weighted by Crippen LogP contribution is -2.58. The van der Waals surface area contributed by atoms with E-state index in [9.17, 15) is 14.4 Å². The predicted octanol–water partition coefficient (Wildman–Crippen LogP) is 3.86. The summed E-state index contributed by atoms with van der Waals surface area (Å²) >= 11 is 6.13. The molecule has 6 rings (SSSR count). The summed E-state index contributed by atoms with van der Waals surface area (Å²) in [7, 11) is 0. The average Bonchev–Trinajstić information content (AvgIpc) is 3.70. The maximum atomic E-state index is 14.2. The van der Waals surface area contributed by atoms with E-state index in [4.69, 9.17) is 16.3 Å². The molecule has 1 aromatic rings. The fraction of sp³-hybridized carbons (Fsp3) is 0.645. The van der Waals surface area contributed by atoms with Gasteiger partial charge in [-0.05, 0) is 75.4 Å². The van der Waals surface area contributed by atoms with E-state index >= 15 is 0 Å². The summed E-state index contributed by atoms with van der Waals surface area (Å²) in [5.74, 6) is -1.18. The summed E-state index contributed by atoms with van der Waals surface area (Å²) in [6.07, 6.45) is 9.59. The fourth-order valence-electron chi connectivity index (χ4n) is 7.82. The first-order valence-electron chi connectivity index (χ1n) is 15.1. The van der Waals surface area contributed by atoms with Crippen molar-refractivity contribution in [1.82, 2.24) is 15.1 Å². The van der Waals surface area contributed by atoms with Crippen LogP contribution >= 0.6 is 11.6 Å². The molecule has 216 valence electrons. The van der Waals surface area contributed by atoms with Crippen LogP contribution in [0.4, 0.5) is 5.69 Å². The van der Waals surface area contributed by atoms with Gasteiger partial charge in [0.1, 0.15) is 11.6 Å². The Kier molecular flexibility index (Phi) is 7.70. The van der Waals surface area contributed by atoms with Crippen molar-refractivity contribution in [2.24, 2.45) is 23.7 Å². The number of hydrogen-bond donors (Lipinski definition) is 2. The Labute approximate surface area is 241 Å². The summed E-state index contributed by atoms with van der Waals surface area (Å²) in [4.78, 5) is 46.1. The molecule has 4 heterocycles. The number of likely N-dealkylation sites (tertiary alicyclic amines) is 2. The van der Waals surface area contributed by atoms with Crippen LogP contribution in [0.1, 0.15) is 52.4 Å². The van der Waals surface area contributed by atoms with Gasteiger partial charge in [-0.2, -0.15) is 0 Å². The first kappa shape index (κ1) is 27.7. The van der Waals surface area contributed by atoms with Crippen LogP contribution in [0, 0.1) is 23.7 Å². The van der Waals surface area contributed by atoms with Crippen LogP contribution in [0.5, 0.6) is 0 Å². The van der Waals surface area contributed by atoms with E-state index in [1.54, 1.807) is 29.2 Å². The van der Waals surface area contributed by atoms with E-state index in [-0.39, 0.29) is 23.8 Å². The molecule has 8 nitrogen and oxygen atoms in total. The monoisotopic (exact) mass is 568 g/mol. The van der Waals surface area contributed by atoms with Crippen LogP contribution in [-0.2, 0) is 19.1 Å². The standard InChI is InChI=1S/C31H41ClN4O4/c1-19-8-5-11-23(20(19)2)34-29(38)27-31-13-12-24(40-31)25(28(37)33-22-10-6-9-21(32)18-22)26(31)30(39)36(27)17-7-16-35-14-3-4-15-35/h6,9-10,12-13,18-20,23-27H,3-5,7-8,11,14-17H2,1-2H3,(H,33,37)(H,34,38)/t19-,20-,23+,24-,25-,26-,27+,31+/m1/s1. The molecule has 5 aliphatic rings. The molecule has 8 atom stereocenters. The second-order valence-corrected chi connectivity index (χ2v) is 13.0. The van der Waals surface area contributed by atoms with E-state index < -0.39 is 29.6 Å². The number of nitrogens with zero attached hydrogens (tertiary/aromatic N) is 2. The van der Waals surface area contributed by atoms with Crippen LogP contribution in [0.3, 0.4) is 0 Å². The third-order valence-corrected chi connectivity index (χ3v) is 10.4. The minimum Gasteiger partial charge on any atom is -0.359 e. The van der Waals surface area contributed by atoms with Gasteiger partial charge in [-0.25, -0.2) is 0 Å². The smallest absolute Gasteiger partial charge is 0.246 e. The lowest BCUT2D eigenvalue weighted by molar-refractivity contribution is -0.141. The summed E-state index contributed by atoms with van der Waals surface area (Å²) in [5, 5.41) is 6.79. The van der Waals surface area contributed by atoms with Crippen LogP contribution in [0.15, 0.2) is 36.4 Å². The number of hydrogen-bond acceptors (Lipinski definition) is 5. The molecule has 3 saturated heterocycles. The lowest BCUT2D eigenvalue weighted by Gasteiger charge is -2.38. The van der Waals surface area contributed by atoms with Crippen molar-refractivity contribution in [3.05, 3.63) is 41.4 Å². The maximum absolute atomic E-state index is 14.2. The Balaban J connectivity index is 1.26. The molecule has 2 N–H and O–H groups in total. The third-order valence-electron chi connectivity index (χ3n) is 10.1. The van der Waals surface area contributed by atoms with E-state index in [1.165, 1.54) is 19.3 Å². The van der Waals surface area contributed by atoms with E-state index in [0.717, 1.165) is 38.9 Å². The number of amides is 3. The topological polar surface area (TPSA) is 91.0 Å². The lowest BCUT2D eigenvalue weighted by atomic mass is 9.73. The van der Waals surface area contributed by atoms with Gasteiger partial charge in [0, 0.05) is 23.3 Å². The van der Waals surface area contributed by atoms with E-state index in [0.29, 0.717) is 29.1 Å². The first-order chi connectivity index (χ1) is 19.3. The van der Waals surface area contributed by atoms with Gasteiger partial charge in [0.25, 0.3) is 0 Å². The number of anilines is 1. The number of nitrogens with one attached hydrogen (secondary N) is 2. The van der Waals surface area contributed by atoms with Gasteiger partial charge in [0.05, 0.1) is 17.9 Å². The summed E-state index contributed by atoms with van der Waals surface area (Å²) in [6, 6.07) is 6.24. The van der Waals surface area contributed by atoms with Crippen LogP contribution in [-0.4, -0.2) is 77.5 Å². The Morgan fingerprint density at radius 1 is 1.10 bits per heavy atom. The van der Waals surface area contributed by atoms with Crippen molar-refractivity contribution in [2.75, 3.05) is 31.5 Å². The van der Waals surface area contributed by atoms with E-state index in [2.05, 4.69) is 29.4 Å². The van der Waals surface area contributed by atoms with Crippen molar-refractivity contribution in [3.63, 3.8) is 0 Å². The second kappa shape index (κ2) is 11.1. The molecule has 9 heteroatoms. The summed E-state index contributed by atoms with van der Waals surface area (Å²) in [6.45, 7) is 7.98. The third kappa shape index (κ3) is 4.86. The van der Waals surface area contributed by atoms with E-state index in [1.807, 2.05) is 12.2 Å². The largest absolute Gasteiger partial charge is 0.359 e. The number of carbonyl (C=O) groups excluding carboxylic acids is 3. The molecule has 1 aliphatic carbocycles. The van der Waals surface area contributed by atoms with Crippen LogP contribution in [0.2, 0.25) is 5.02 Å². The van der Waals surface area contributed by atoms with Crippen molar-refractivity contribution < 1.29 is 19.1 Å². The van der Waals surface area contributed by atoms with Gasteiger partial charge in [-0.1, -0.05) is 56.5 Å². The minimum absolute atomic E-state index is 0.0674. The van der Waals surface area contributed by atoms with Gasteiger partial charge < -0.3 is 25.2 Å². The zero-order valence-corrected chi connectivity index (χ0v) is 24.2. The zero-order chi connectivity index (χ0) is 28.0. The van der Waals surface area contributed by atoms with Crippen LogP contribution < -0.4 is 10.6 Å². The number of halogens is 1. The Morgan fingerprint density at radius 3 is 2.67 bits per heavy atom. The number of fused-ring (bicyclic) bond motifs is 1. The molecule has 3 amide bonds. The SMILES string of the molecule is C[C@@H]1[C@H](C)CCC[C@@H]1NC(=O)[C@@H]1N(CCCN2CCCC2)C(=O)[C@H]2[C@H](C(=O)Nc3cccc(Cl)c3)[C@H]3C=C[C@@]12O3. The minimum atomic E-state index is -1.14. The highest BCUT2D eigenvalue weighted by Crippen LogP contribution is 2.55. The number of carbonyl (C=O) groups is 3. The fourth-order valence-corrected chi connectivity index (χ4v) is 8.01. The van der Waals surface area contributed by atoms with Gasteiger partial charge in [0.15, 0.2) is 0 Å². The molecule has 2 bridgehead atoms. The summed E-state index contributed by atoms with van der Waals surface area (Å²) in [5.41, 5.74) is -0.569. The van der Waals surface area contributed by atoms with Gasteiger partial charge in [0.2, 0.25) is 17.7 Å². The van der Waals surface area contributed by atoms with Crippen molar-refractivity contribution in [2.45, 2.75) is 76.2 Å². The zero-order valence-electron chi connectivity index (χ0n) is 23.5. The van der Waals surface area contributed by atoms with Crippen molar-refractivity contribution in [1.29, 1.82) is 0 Å². The molecule has 1 aromatic carbocycles. The highest BCUT2D eigenvalue weighted by molar-refractivity contribution is 6.30. The highest BCUT2D eigenvalue weighted by Gasteiger charge is 2.72. The molecular formula is C31H41ClN4O4. The molecule has 40 heavy (non-hydrogen) atoms. The first-order valence-corrected chi connectivity index (χ1v) is 15.4. The normalized spacial score (nSPS) is 36.7. The van der Waals surface area contributed by atoms with Gasteiger partial charge >= 0.3 is 0 Å². The molecular weight excluding hydrogens is 528 g/mol. The Bertz CT molecular complexity index is 1190. The average molecular weight is 569 g/mol.